The number of rotatable bonds is 4. The van der Waals surface area contributed by atoms with Gasteiger partial charge >= 0.3 is 5.97 Å². The molecule has 0 spiro atoms. The van der Waals surface area contributed by atoms with Gasteiger partial charge in [-0.25, -0.2) is 0 Å². The Hall–Kier alpha value is -1.71. The standard InChI is InChI=1S/C10H12O4/c1-13-10(12)5-6-14-9-4-2-3-8(11)7-9/h2-4,7,11H,5-6H2,1H3. The highest BCUT2D eigenvalue weighted by molar-refractivity contribution is 5.69. The summed E-state index contributed by atoms with van der Waals surface area (Å²) >= 11 is 0. The Morgan fingerprint density at radius 3 is 2.93 bits per heavy atom. The van der Waals surface area contributed by atoms with Gasteiger partial charge in [-0.2, -0.15) is 0 Å². The van der Waals surface area contributed by atoms with Gasteiger partial charge < -0.3 is 14.6 Å². The molecule has 1 aromatic carbocycles. The summed E-state index contributed by atoms with van der Waals surface area (Å²) in [5.74, 6) is 0.361. The molecule has 14 heavy (non-hydrogen) atoms. The molecule has 0 aromatic heterocycles. The van der Waals surface area contributed by atoms with Gasteiger partial charge in [-0.05, 0) is 12.1 Å². The predicted molar refractivity (Wildman–Crippen MR) is 50.2 cm³/mol. The molecule has 0 aliphatic carbocycles. The Bertz CT molecular complexity index is 309. The van der Waals surface area contributed by atoms with Gasteiger partial charge in [0.25, 0.3) is 0 Å². The number of hydrogen-bond acceptors (Lipinski definition) is 4. The minimum atomic E-state index is -0.315. The summed E-state index contributed by atoms with van der Waals surface area (Å²) in [6, 6.07) is 6.41. The van der Waals surface area contributed by atoms with Crippen LogP contribution in [0.15, 0.2) is 24.3 Å². The molecule has 0 saturated heterocycles. The summed E-state index contributed by atoms with van der Waals surface area (Å²) < 4.78 is 9.64. The number of ether oxygens (including phenoxy) is 2. The molecule has 0 bridgehead atoms. The number of carbonyl (C=O) groups excluding carboxylic acids is 1. The van der Waals surface area contributed by atoms with Crippen LogP contribution in [0.4, 0.5) is 0 Å². The van der Waals surface area contributed by atoms with E-state index in [4.69, 9.17) is 9.84 Å². The highest BCUT2D eigenvalue weighted by Gasteiger charge is 2.00. The van der Waals surface area contributed by atoms with E-state index in [0.717, 1.165) is 0 Å². The molecular formula is C10H12O4. The molecule has 0 atom stereocenters. The SMILES string of the molecule is COC(=O)CCOc1cccc(O)c1. The number of phenolic OH excluding ortho intramolecular Hbond substituents is 1. The van der Waals surface area contributed by atoms with Crippen molar-refractivity contribution in [3.8, 4) is 11.5 Å². The average Bonchev–Trinajstić information content (AvgIpc) is 2.17. The average molecular weight is 196 g/mol. The molecule has 0 aliphatic rings. The lowest BCUT2D eigenvalue weighted by Crippen LogP contribution is -2.07. The van der Waals surface area contributed by atoms with Gasteiger partial charge in [-0.3, -0.25) is 4.79 Å². The lowest BCUT2D eigenvalue weighted by Gasteiger charge is -2.04. The zero-order valence-electron chi connectivity index (χ0n) is 7.90. The van der Waals surface area contributed by atoms with Crippen LogP contribution in [0.5, 0.6) is 11.5 Å². The molecule has 0 aliphatic heterocycles. The first-order chi connectivity index (χ1) is 6.72. The quantitative estimate of drug-likeness (QED) is 0.738. The third-order valence-electron chi connectivity index (χ3n) is 1.62. The van der Waals surface area contributed by atoms with Crippen LogP contribution < -0.4 is 4.74 Å². The lowest BCUT2D eigenvalue weighted by molar-refractivity contribution is -0.141. The molecule has 0 heterocycles. The molecule has 4 nitrogen and oxygen atoms in total. The number of esters is 1. The Labute approximate surface area is 82.1 Å². The number of phenols is 1. The first kappa shape index (κ1) is 10.4. The van der Waals surface area contributed by atoms with Crippen molar-refractivity contribution in [2.45, 2.75) is 6.42 Å². The van der Waals surface area contributed by atoms with Gasteiger partial charge in [-0.15, -0.1) is 0 Å². The van der Waals surface area contributed by atoms with Crippen molar-refractivity contribution in [1.29, 1.82) is 0 Å². The third kappa shape index (κ3) is 3.35. The Balaban J connectivity index is 2.35. The second kappa shape index (κ2) is 5.11. The van der Waals surface area contributed by atoms with Crippen LogP contribution in [0.1, 0.15) is 6.42 Å². The van der Waals surface area contributed by atoms with Crippen molar-refractivity contribution in [3.05, 3.63) is 24.3 Å². The summed E-state index contributed by atoms with van der Waals surface area (Å²) in [6.45, 7) is 0.246. The molecule has 0 saturated carbocycles. The van der Waals surface area contributed by atoms with Crippen molar-refractivity contribution >= 4 is 5.97 Å². The van der Waals surface area contributed by atoms with Crippen LogP contribution >= 0.6 is 0 Å². The monoisotopic (exact) mass is 196 g/mol. The molecule has 1 N–H and O–H groups in total. The molecule has 0 unspecified atom stereocenters. The zero-order valence-corrected chi connectivity index (χ0v) is 7.90. The van der Waals surface area contributed by atoms with Gasteiger partial charge in [0.1, 0.15) is 11.5 Å². The van der Waals surface area contributed by atoms with E-state index in [-0.39, 0.29) is 24.7 Å². The smallest absolute Gasteiger partial charge is 0.308 e. The predicted octanol–water partition coefficient (Wildman–Crippen LogP) is 1.33. The van der Waals surface area contributed by atoms with Crippen molar-refractivity contribution in [3.63, 3.8) is 0 Å². The minimum absolute atomic E-state index is 0.139. The van der Waals surface area contributed by atoms with E-state index in [0.29, 0.717) is 5.75 Å². The molecule has 76 valence electrons. The third-order valence-corrected chi connectivity index (χ3v) is 1.62. The van der Waals surface area contributed by atoms with Crippen molar-refractivity contribution in [2.24, 2.45) is 0 Å². The van der Waals surface area contributed by atoms with E-state index in [9.17, 15) is 4.79 Å². The number of carbonyl (C=O) groups is 1. The lowest BCUT2D eigenvalue weighted by atomic mass is 10.3. The van der Waals surface area contributed by atoms with E-state index >= 15 is 0 Å². The second-order valence-corrected chi connectivity index (χ2v) is 2.67. The van der Waals surface area contributed by atoms with E-state index in [2.05, 4.69) is 4.74 Å². The molecule has 0 fully saturated rings. The van der Waals surface area contributed by atoms with Gasteiger partial charge in [0.2, 0.25) is 0 Å². The van der Waals surface area contributed by atoms with Gasteiger partial charge in [-0.1, -0.05) is 6.07 Å². The van der Waals surface area contributed by atoms with Crippen molar-refractivity contribution in [1.82, 2.24) is 0 Å². The van der Waals surface area contributed by atoms with Crippen molar-refractivity contribution < 1.29 is 19.4 Å². The van der Waals surface area contributed by atoms with E-state index < -0.39 is 0 Å². The highest BCUT2D eigenvalue weighted by atomic mass is 16.5. The van der Waals surface area contributed by atoms with Crippen LogP contribution in [-0.2, 0) is 9.53 Å². The topological polar surface area (TPSA) is 55.8 Å². The maximum absolute atomic E-state index is 10.7. The van der Waals surface area contributed by atoms with Crippen LogP contribution in [0.2, 0.25) is 0 Å². The first-order valence-corrected chi connectivity index (χ1v) is 4.21. The summed E-state index contributed by atoms with van der Waals surface area (Å²) in [4.78, 5) is 10.7. The molecular weight excluding hydrogens is 184 g/mol. The second-order valence-electron chi connectivity index (χ2n) is 2.67. The number of hydrogen-bond donors (Lipinski definition) is 1. The highest BCUT2D eigenvalue weighted by Crippen LogP contribution is 2.17. The Morgan fingerprint density at radius 2 is 2.29 bits per heavy atom. The van der Waals surface area contributed by atoms with Crippen molar-refractivity contribution in [2.75, 3.05) is 13.7 Å². The molecule has 4 heteroatoms. The van der Waals surface area contributed by atoms with Crippen LogP contribution in [-0.4, -0.2) is 24.8 Å². The van der Waals surface area contributed by atoms with Gasteiger partial charge in [0.15, 0.2) is 0 Å². The summed E-state index contributed by atoms with van der Waals surface area (Å²) in [7, 11) is 1.33. The minimum Gasteiger partial charge on any atom is -0.508 e. The summed E-state index contributed by atoms with van der Waals surface area (Å²) in [6.07, 6.45) is 0.201. The number of methoxy groups -OCH3 is 1. The van der Waals surface area contributed by atoms with Gasteiger partial charge in [0, 0.05) is 6.07 Å². The maximum Gasteiger partial charge on any atom is 0.308 e. The van der Waals surface area contributed by atoms with Gasteiger partial charge in [0.05, 0.1) is 20.1 Å². The maximum atomic E-state index is 10.7. The fourth-order valence-corrected chi connectivity index (χ4v) is 0.928. The van der Waals surface area contributed by atoms with E-state index in [1.807, 2.05) is 0 Å². The fourth-order valence-electron chi connectivity index (χ4n) is 0.928. The zero-order chi connectivity index (χ0) is 10.4. The summed E-state index contributed by atoms with van der Waals surface area (Å²) in [5, 5.41) is 9.10. The van der Waals surface area contributed by atoms with E-state index in [1.54, 1.807) is 18.2 Å². The van der Waals surface area contributed by atoms with Crippen LogP contribution in [0, 0.1) is 0 Å². The normalized spacial score (nSPS) is 9.50. The molecule has 0 amide bonds. The largest absolute Gasteiger partial charge is 0.508 e. The first-order valence-electron chi connectivity index (χ1n) is 4.21. The van der Waals surface area contributed by atoms with E-state index in [1.165, 1.54) is 13.2 Å². The molecule has 0 radical (unpaired) electrons. The molecule has 1 rings (SSSR count). The van der Waals surface area contributed by atoms with Crippen LogP contribution in [0.3, 0.4) is 0 Å². The fraction of sp³-hybridized carbons (Fsp3) is 0.300. The number of aromatic hydroxyl groups is 1. The number of benzene rings is 1. The molecule has 1 aromatic rings. The van der Waals surface area contributed by atoms with Crippen LogP contribution in [0.25, 0.3) is 0 Å². The Morgan fingerprint density at radius 1 is 1.50 bits per heavy atom. The Kier molecular flexibility index (Phi) is 3.79. The summed E-state index contributed by atoms with van der Waals surface area (Å²) in [5.41, 5.74) is 0.